The molecule has 1 atom stereocenters. The molecule has 2 saturated heterocycles. The maximum absolute atomic E-state index is 12.9. The zero-order valence-corrected chi connectivity index (χ0v) is 16.5. The van der Waals surface area contributed by atoms with Gasteiger partial charge < -0.3 is 9.47 Å². The lowest BCUT2D eigenvalue weighted by Crippen LogP contribution is -2.51. The van der Waals surface area contributed by atoms with Gasteiger partial charge in [-0.25, -0.2) is 4.98 Å². The summed E-state index contributed by atoms with van der Waals surface area (Å²) in [5, 5.41) is 0. The topological polar surface area (TPSA) is 41.4 Å². The molecule has 0 radical (unpaired) electrons. The third-order valence-electron chi connectivity index (χ3n) is 6.54. The minimum atomic E-state index is 0.0196. The van der Waals surface area contributed by atoms with Crippen LogP contribution in [0.25, 0.3) is 0 Å². The second kappa shape index (κ2) is 7.47. The molecular weight excluding hydrogens is 336 g/mol. The van der Waals surface area contributed by atoms with Gasteiger partial charge in [-0.1, -0.05) is 37.3 Å². The fourth-order valence-corrected chi connectivity index (χ4v) is 4.82. The van der Waals surface area contributed by atoms with Crippen LogP contribution in [0, 0.1) is 0 Å². The summed E-state index contributed by atoms with van der Waals surface area (Å²) in [6.07, 6.45) is 8.16. The van der Waals surface area contributed by atoms with Crippen molar-refractivity contribution in [1.29, 1.82) is 0 Å². The average Bonchev–Trinajstić information content (AvgIpc) is 3.23. The second-order valence-corrected chi connectivity index (χ2v) is 8.10. The Balaban J connectivity index is 1.42. The molecule has 1 spiro atoms. The first-order valence-electron chi connectivity index (χ1n) is 10.2. The standard InChI is InChI=1S/C22H30N4O/c1-3-12-26-15-11-23-20(26)17-25-13-9-22(10-14-25)16-19(21(27)24(22)2)18-7-5-4-6-8-18/h4-8,11,15,19H,3,9-10,12-14,16-17H2,1-2H3. The predicted molar refractivity (Wildman–Crippen MR) is 106 cm³/mol. The molecule has 0 N–H and O–H groups in total. The van der Waals surface area contributed by atoms with E-state index in [9.17, 15) is 4.79 Å². The van der Waals surface area contributed by atoms with Crippen LogP contribution in [-0.4, -0.2) is 50.9 Å². The number of hydrogen-bond donors (Lipinski definition) is 0. The van der Waals surface area contributed by atoms with Crippen molar-refractivity contribution >= 4 is 5.91 Å². The fourth-order valence-electron chi connectivity index (χ4n) is 4.82. The molecule has 2 fully saturated rings. The highest BCUT2D eigenvalue weighted by atomic mass is 16.2. The number of carbonyl (C=O) groups excluding carboxylic acids is 1. The Morgan fingerprint density at radius 2 is 1.93 bits per heavy atom. The number of piperidine rings is 1. The summed E-state index contributed by atoms with van der Waals surface area (Å²) in [7, 11) is 2.01. The van der Waals surface area contributed by atoms with E-state index >= 15 is 0 Å². The van der Waals surface area contributed by atoms with Gasteiger partial charge in [0.15, 0.2) is 0 Å². The van der Waals surface area contributed by atoms with Gasteiger partial charge in [0.2, 0.25) is 5.91 Å². The Hall–Kier alpha value is -2.14. The summed E-state index contributed by atoms with van der Waals surface area (Å²) in [5.74, 6) is 1.46. The molecule has 2 aliphatic rings. The first-order valence-corrected chi connectivity index (χ1v) is 10.2. The van der Waals surface area contributed by atoms with Gasteiger partial charge in [-0.15, -0.1) is 0 Å². The van der Waals surface area contributed by atoms with E-state index in [0.717, 1.165) is 63.3 Å². The summed E-state index contributed by atoms with van der Waals surface area (Å²) in [6.45, 7) is 6.19. The average molecular weight is 367 g/mol. The SMILES string of the molecule is CCCn1ccnc1CN1CCC2(CC1)CC(c1ccccc1)C(=O)N2C. The van der Waals surface area contributed by atoms with Gasteiger partial charge >= 0.3 is 0 Å². The van der Waals surface area contributed by atoms with Crippen molar-refractivity contribution in [2.45, 2.75) is 57.2 Å². The Labute approximate surface area is 162 Å². The Morgan fingerprint density at radius 1 is 1.19 bits per heavy atom. The monoisotopic (exact) mass is 366 g/mol. The zero-order chi connectivity index (χ0) is 18.9. The highest BCUT2D eigenvalue weighted by molar-refractivity contribution is 5.87. The molecule has 2 aliphatic heterocycles. The molecule has 1 unspecified atom stereocenters. The van der Waals surface area contributed by atoms with E-state index in [2.05, 4.69) is 44.6 Å². The highest BCUT2D eigenvalue weighted by Crippen LogP contribution is 2.44. The van der Waals surface area contributed by atoms with Crippen molar-refractivity contribution in [2.24, 2.45) is 0 Å². The van der Waals surface area contributed by atoms with E-state index in [1.807, 2.05) is 31.4 Å². The molecule has 5 heteroatoms. The fraction of sp³-hybridized carbons (Fsp3) is 0.545. The third-order valence-corrected chi connectivity index (χ3v) is 6.54. The highest BCUT2D eigenvalue weighted by Gasteiger charge is 2.50. The summed E-state index contributed by atoms with van der Waals surface area (Å²) in [4.78, 5) is 22.0. The van der Waals surface area contributed by atoms with Crippen LogP contribution in [0.2, 0.25) is 0 Å². The number of imidazole rings is 1. The van der Waals surface area contributed by atoms with Crippen molar-refractivity contribution in [3.8, 4) is 0 Å². The lowest BCUT2D eigenvalue weighted by atomic mass is 9.81. The largest absolute Gasteiger partial charge is 0.339 e. The summed E-state index contributed by atoms with van der Waals surface area (Å²) in [6, 6.07) is 10.3. The Bertz CT molecular complexity index is 777. The zero-order valence-electron chi connectivity index (χ0n) is 16.5. The van der Waals surface area contributed by atoms with Gasteiger partial charge in [0.1, 0.15) is 5.82 Å². The summed E-state index contributed by atoms with van der Waals surface area (Å²) >= 11 is 0. The van der Waals surface area contributed by atoms with Crippen LogP contribution in [0.1, 0.15) is 49.9 Å². The van der Waals surface area contributed by atoms with Crippen LogP contribution in [0.5, 0.6) is 0 Å². The number of amides is 1. The van der Waals surface area contributed by atoms with E-state index in [4.69, 9.17) is 0 Å². The lowest BCUT2D eigenvalue weighted by molar-refractivity contribution is -0.131. The van der Waals surface area contributed by atoms with Crippen LogP contribution in [0.15, 0.2) is 42.7 Å². The first kappa shape index (κ1) is 18.2. The number of rotatable bonds is 5. The van der Waals surface area contributed by atoms with E-state index in [0.29, 0.717) is 0 Å². The molecule has 1 aromatic heterocycles. The van der Waals surface area contributed by atoms with Gasteiger partial charge in [0.25, 0.3) is 0 Å². The van der Waals surface area contributed by atoms with Crippen LogP contribution in [-0.2, 0) is 17.9 Å². The van der Waals surface area contributed by atoms with E-state index < -0.39 is 0 Å². The van der Waals surface area contributed by atoms with Gasteiger partial charge in [-0.3, -0.25) is 9.69 Å². The summed E-state index contributed by atoms with van der Waals surface area (Å²) in [5.41, 5.74) is 1.18. The number of likely N-dealkylation sites (N-methyl/N-ethyl adjacent to an activating group) is 1. The van der Waals surface area contributed by atoms with Crippen LogP contribution in [0.4, 0.5) is 0 Å². The normalized spacial score (nSPS) is 22.7. The summed E-state index contributed by atoms with van der Waals surface area (Å²) < 4.78 is 2.26. The molecule has 0 saturated carbocycles. The minimum absolute atomic E-state index is 0.0196. The third kappa shape index (κ3) is 3.41. The number of hydrogen-bond acceptors (Lipinski definition) is 3. The Kier molecular flexibility index (Phi) is 5.04. The number of aryl methyl sites for hydroxylation is 1. The molecule has 4 rings (SSSR count). The first-order chi connectivity index (χ1) is 13.1. The minimum Gasteiger partial charge on any atom is -0.339 e. The van der Waals surface area contributed by atoms with Crippen molar-refractivity contribution in [3.05, 3.63) is 54.1 Å². The van der Waals surface area contributed by atoms with Crippen molar-refractivity contribution in [3.63, 3.8) is 0 Å². The number of aromatic nitrogens is 2. The quantitative estimate of drug-likeness (QED) is 0.815. The smallest absolute Gasteiger partial charge is 0.230 e. The molecule has 1 amide bonds. The molecule has 27 heavy (non-hydrogen) atoms. The molecule has 0 aliphatic carbocycles. The van der Waals surface area contributed by atoms with Gasteiger partial charge in [0.05, 0.1) is 12.5 Å². The molecule has 1 aromatic carbocycles. The van der Waals surface area contributed by atoms with Crippen molar-refractivity contribution in [2.75, 3.05) is 20.1 Å². The van der Waals surface area contributed by atoms with Crippen LogP contribution < -0.4 is 0 Å². The number of nitrogens with zero attached hydrogens (tertiary/aromatic N) is 4. The molecule has 0 bridgehead atoms. The van der Waals surface area contributed by atoms with E-state index in [1.54, 1.807) is 0 Å². The predicted octanol–water partition coefficient (Wildman–Crippen LogP) is 3.27. The number of likely N-dealkylation sites (tertiary alicyclic amines) is 2. The van der Waals surface area contributed by atoms with Gasteiger partial charge in [0, 0.05) is 44.6 Å². The maximum Gasteiger partial charge on any atom is 0.230 e. The van der Waals surface area contributed by atoms with Gasteiger partial charge in [-0.05, 0) is 31.2 Å². The van der Waals surface area contributed by atoms with Crippen LogP contribution >= 0.6 is 0 Å². The molecule has 144 valence electrons. The Morgan fingerprint density at radius 3 is 2.63 bits per heavy atom. The van der Waals surface area contributed by atoms with E-state index in [-0.39, 0.29) is 17.4 Å². The van der Waals surface area contributed by atoms with E-state index in [1.165, 1.54) is 0 Å². The molecule has 5 nitrogen and oxygen atoms in total. The lowest BCUT2D eigenvalue weighted by Gasteiger charge is -2.43. The molecule has 3 heterocycles. The second-order valence-electron chi connectivity index (χ2n) is 8.10. The maximum atomic E-state index is 12.9. The van der Waals surface area contributed by atoms with Crippen molar-refractivity contribution < 1.29 is 4.79 Å². The molecular formula is C22H30N4O. The number of benzene rings is 1. The molecule has 2 aromatic rings. The van der Waals surface area contributed by atoms with Crippen LogP contribution in [0.3, 0.4) is 0 Å². The number of carbonyl (C=O) groups is 1. The van der Waals surface area contributed by atoms with Crippen molar-refractivity contribution in [1.82, 2.24) is 19.4 Å². The van der Waals surface area contributed by atoms with Gasteiger partial charge in [-0.2, -0.15) is 0 Å².